The third-order valence-corrected chi connectivity index (χ3v) is 7.51. The fourth-order valence-corrected chi connectivity index (χ4v) is 5.17. The van der Waals surface area contributed by atoms with Gasteiger partial charge in [0.25, 0.3) is 0 Å². The molecule has 4 heteroatoms. The lowest BCUT2D eigenvalue weighted by molar-refractivity contribution is 0.978. The molecule has 1 unspecified atom stereocenters. The highest BCUT2D eigenvalue weighted by Crippen LogP contribution is 2.35. The molecule has 0 saturated heterocycles. The van der Waals surface area contributed by atoms with Crippen LogP contribution in [0.5, 0.6) is 0 Å². The van der Waals surface area contributed by atoms with E-state index in [9.17, 15) is 0 Å². The number of anilines is 3. The number of benzene rings is 5. The molecule has 0 heterocycles. The second-order valence-electron chi connectivity index (χ2n) is 10.4. The van der Waals surface area contributed by atoms with E-state index in [2.05, 4.69) is 97.6 Å². The molecule has 0 aliphatic rings. The first-order valence-corrected chi connectivity index (χ1v) is 13.9. The highest BCUT2D eigenvalue weighted by molar-refractivity contribution is 5.65. The van der Waals surface area contributed by atoms with Crippen molar-refractivity contribution in [2.45, 2.75) is 11.8 Å². The number of hydrogen-bond acceptors (Lipinski definition) is 4. The molecule has 0 aliphatic carbocycles. The van der Waals surface area contributed by atoms with Crippen LogP contribution in [-0.2, 0) is 0 Å². The summed E-state index contributed by atoms with van der Waals surface area (Å²) in [4.78, 5) is 0. The van der Waals surface area contributed by atoms with Gasteiger partial charge in [-0.25, -0.2) is 0 Å². The average Bonchev–Trinajstić information content (AvgIpc) is 3.02. The van der Waals surface area contributed by atoms with E-state index in [1.165, 1.54) is 22.3 Å². The van der Waals surface area contributed by atoms with Crippen molar-refractivity contribution < 1.29 is 0 Å². The van der Waals surface area contributed by atoms with Crippen molar-refractivity contribution in [2.75, 3.05) is 17.2 Å². The summed E-state index contributed by atoms with van der Waals surface area (Å²) in [5.74, 6) is 0.121. The monoisotopic (exact) mass is 548 g/mol. The average molecular weight is 549 g/mol. The molecule has 5 aromatic rings. The van der Waals surface area contributed by atoms with Crippen LogP contribution in [0.25, 0.3) is 11.1 Å². The first-order valence-electron chi connectivity index (χ1n) is 13.9. The SMILES string of the molecule is C=C/C(N)=C\C=C\C(c1ccc(N)cc1)c1ccc(-c2ccc(C(c3ccc(N)cc3)c3ccc(N)cc3)cc2)cc1. The zero-order valence-electron chi connectivity index (χ0n) is 23.5. The number of rotatable bonds is 9. The molecule has 5 rings (SSSR count). The Balaban J connectivity index is 1.44. The van der Waals surface area contributed by atoms with Gasteiger partial charge >= 0.3 is 0 Å². The molecule has 5 aromatic carbocycles. The molecule has 0 spiro atoms. The van der Waals surface area contributed by atoms with E-state index in [4.69, 9.17) is 22.9 Å². The Labute approximate surface area is 248 Å². The van der Waals surface area contributed by atoms with Gasteiger partial charge in [0.05, 0.1) is 0 Å². The Morgan fingerprint density at radius 2 is 0.833 bits per heavy atom. The summed E-state index contributed by atoms with van der Waals surface area (Å²) >= 11 is 0. The number of hydrogen-bond donors (Lipinski definition) is 4. The molecule has 0 fully saturated rings. The fraction of sp³-hybridized carbons (Fsp3) is 0.0526. The summed E-state index contributed by atoms with van der Waals surface area (Å²) in [6.07, 6.45) is 7.61. The molecule has 0 bridgehead atoms. The smallest absolute Gasteiger partial charge is 0.0340 e. The Morgan fingerprint density at radius 3 is 1.21 bits per heavy atom. The van der Waals surface area contributed by atoms with E-state index in [1.54, 1.807) is 6.08 Å². The lowest BCUT2D eigenvalue weighted by Crippen LogP contribution is -2.04. The van der Waals surface area contributed by atoms with Gasteiger partial charge in [0.2, 0.25) is 0 Å². The van der Waals surface area contributed by atoms with Crippen LogP contribution in [-0.4, -0.2) is 0 Å². The van der Waals surface area contributed by atoms with Gasteiger partial charge in [-0.05, 0) is 87.5 Å². The first kappa shape index (κ1) is 28.1. The molecule has 208 valence electrons. The summed E-state index contributed by atoms with van der Waals surface area (Å²) in [6.45, 7) is 3.72. The van der Waals surface area contributed by atoms with Crippen molar-refractivity contribution in [3.8, 4) is 11.1 Å². The quantitative estimate of drug-likeness (QED) is 0.0851. The molecule has 4 nitrogen and oxygen atoms in total. The zero-order valence-corrected chi connectivity index (χ0v) is 23.5. The van der Waals surface area contributed by atoms with Crippen LogP contribution in [0.1, 0.15) is 39.7 Å². The zero-order chi connectivity index (χ0) is 29.5. The van der Waals surface area contributed by atoms with Crippen molar-refractivity contribution in [2.24, 2.45) is 5.73 Å². The number of allylic oxidation sites excluding steroid dienone is 4. The highest BCUT2D eigenvalue weighted by Gasteiger charge is 2.17. The van der Waals surface area contributed by atoms with Gasteiger partial charge in [-0.1, -0.05) is 104 Å². The van der Waals surface area contributed by atoms with Crippen LogP contribution in [0.15, 0.2) is 158 Å². The van der Waals surface area contributed by atoms with Crippen LogP contribution < -0.4 is 22.9 Å². The van der Waals surface area contributed by atoms with Gasteiger partial charge in [0.1, 0.15) is 0 Å². The maximum absolute atomic E-state index is 5.98. The van der Waals surface area contributed by atoms with Crippen molar-refractivity contribution in [3.63, 3.8) is 0 Å². The van der Waals surface area contributed by atoms with Gasteiger partial charge in [0.15, 0.2) is 0 Å². The summed E-state index contributed by atoms with van der Waals surface area (Å²) in [5.41, 5.74) is 34.9. The highest BCUT2D eigenvalue weighted by atomic mass is 14.6. The van der Waals surface area contributed by atoms with E-state index < -0.39 is 0 Å². The third kappa shape index (κ3) is 6.62. The van der Waals surface area contributed by atoms with E-state index in [-0.39, 0.29) is 11.8 Å². The lowest BCUT2D eigenvalue weighted by Gasteiger charge is -2.20. The van der Waals surface area contributed by atoms with E-state index in [1.807, 2.05) is 48.6 Å². The van der Waals surface area contributed by atoms with Crippen LogP contribution >= 0.6 is 0 Å². The van der Waals surface area contributed by atoms with Crippen LogP contribution in [0.2, 0.25) is 0 Å². The van der Waals surface area contributed by atoms with Gasteiger partial charge in [-0.2, -0.15) is 0 Å². The maximum Gasteiger partial charge on any atom is 0.0340 e. The third-order valence-electron chi connectivity index (χ3n) is 7.51. The lowest BCUT2D eigenvalue weighted by atomic mass is 9.84. The van der Waals surface area contributed by atoms with Crippen LogP contribution in [0, 0.1) is 0 Å². The molecule has 1 atom stereocenters. The van der Waals surface area contributed by atoms with Gasteiger partial charge in [-0.3, -0.25) is 0 Å². The van der Waals surface area contributed by atoms with Gasteiger partial charge in [0, 0.05) is 34.6 Å². The second kappa shape index (κ2) is 12.8. The Kier molecular flexibility index (Phi) is 8.55. The number of nitrogen functional groups attached to an aromatic ring is 3. The topological polar surface area (TPSA) is 104 Å². The van der Waals surface area contributed by atoms with E-state index in [0.717, 1.165) is 33.8 Å². The molecular formula is C38H36N4. The minimum atomic E-state index is 0.0523. The van der Waals surface area contributed by atoms with Crippen LogP contribution in [0.3, 0.4) is 0 Å². The minimum Gasteiger partial charge on any atom is -0.399 e. The van der Waals surface area contributed by atoms with Crippen molar-refractivity contribution >= 4 is 17.1 Å². The van der Waals surface area contributed by atoms with E-state index in [0.29, 0.717) is 5.70 Å². The van der Waals surface area contributed by atoms with Crippen LogP contribution in [0.4, 0.5) is 17.1 Å². The summed E-state index contributed by atoms with van der Waals surface area (Å²) in [5, 5.41) is 0. The van der Waals surface area contributed by atoms with Crippen molar-refractivity contribution in [3.05, 3.63) is 186 Å². The fourth-order valence-electron chi connectivity index (χ4n) is 5.17. The van der Waals surface area contributed by atoms with Crippen molar-refractivity contribution in [1.29, 1.82) is 0 Å². The Hall–Kier alpha value is -5.48. The Morgan fingerprint density at radius 1 is 0.500 bits per heavy atom. The predicted octanol–water partition coefficient (Wildman–Crippen LogP) is 8.00. The summed E-state index contributed by atoms with van der Waals surface area (Å²) in [6, 6.07) is 41.7. The molecule has 0 aromatic heterocycles. The standard InChI is InChI=1S/C38H36N4/c1-2-33(39)4-3-5-37(29-14-20-34(40)21-15-29)28-10-6-26(7-11-28)27-8-12-30(13-9-27)38(31-16-22-35(41)23-17-31)32-18-24-36(42)25-19-32/h2-25,37-38H,1,39-42H2/b5-3+,33-4+. The predicted molar refractivity (Wildman–Crippen MR) is 179 cm³/mol. The second-order valence-corrected chi connectivity index (χ2v) is 10.4. The molecule has 8 N–H and O–H groups in total. The molecular weight excluding hydrogens is 512 g/mol. The van der Waals surface area contributed by atoms with Gasteiger partial charge in [-0.15, -0.1) is 0 Å². The summed E-state index contributed by atoms with van der Waals surface area (Å²) in [7, 11) is 0. The first-order chi connectivity index (χ1) is 20.4. The number of nitrogens with two attached hydrogens (primary N) is 4. The van der Waals surface area contributed by atoms with E-state index >= 15 is 0 Å². The minimum absolute atomic E-state index is 0.0523. The largest absolute Gasteiger partial charge is 0.399 e. The Bertz CT molecular complexity index is 1630. The normalized spacial score (nSPS) is 12.5. The molecule has 42 heavy (non-hydrogen) atoms. The van der Waals surface area contributed by atoms with Crippen molar-refractivity contribution in [1.82, 2.24) is 0 Å². The maximum atomic E-state index is 5.98. The molecule has 0 aliphatic heterocycles. The molecule has 0 amide bonds. The molecule has 0 saturated carbocycles. The summed E-state index contributed by atoms with van der Waals surface area (Å²) < 4.78 is 0. The molecule has 0 radical (unpaired) electrons. The van der Waals surface area contributed by atoms with Gasteiger partial charge < -0.3 is 22.9 Å².